The monoisotopic (exact) mass is 277 g/mol. The molecule has 1 aliphatic rings. The molecular weight excluding hydrogens is 258 g/mol. The maximum Gasteiger partial charge on any atom is 0.323 e. The second-order valence-electron chi connectivity index (χ2n) is 5.45. The van der Waals surface area contributed by atoms with Crippen molar-refractivity contribution in [2.75, 3.05) is 14.2 Å². The van der Waals surface area contributed by atoms with Crippen molar-refractivity contribution in [1.82, 2.24) is 4.98 Å². The molecule has 20 heavy (non-hydrogen) atoms. The van der Waals surface area contributed by atoms with Gasteiger partial charge in [-0.1, -0.05) is 13.8 Å². The average molecular weight is 277 g/mol. The van der Waals surface area contributed by atoms with Crippen LogP contribution in [0.5, 0.6) is 0 Å². The van der Waals surface area contributed by atoms with E-state index in [1.807, 2.05) is 6.07 Å². The van der Waals surface area contributed by atoms with Crippen LogP contribution in [0, 0.1) is 5.41 Å². The van der Waals surface area contributed by atoms with Gasteiger partial charge in [0.05, 0.1) is 14.2 Å². The molecule has 5 nitrogen and oxygen atoms in total. The SMILES string of the molecule is COC(=O)C1(C(=O)OC)Cc2cnc(C(C)C)cc2C1. The lowest BCUT2D eigenvalue weighted by atomic mass is 9.85. The van der Waals surface area contributed by atoms with E-state index in [0.29, 0.717) is 12.3 Å². The Labute approximate surface area is 118 Å². The zero-order valence-corrected chi connectivity index (χ0v) is 12.2. The lowest BCUT2D eigenvalue weighted by Gasteiger charge is -2.22. The van der Waals surface area contributed by atoms with Crippen molar-refractivity contribution < 1.29 is 19.1 Å². The molecular formula is C15H19NO4. The summed E-state index contributed by atoms with van der Waals surface area (Å²) in [5.74, 6) is -0.801. The molecule has 0 fully saturated rings. The van der Waals surface area contributed by atoms with Crippen molar-refractivity contribution in [3.63, 3.8) is 0 Å². The molecule has 0 saturated heterocycles. The van der Waals surface area contributed by atoms with Gasteiger partial charge in [0.1, 0.15) is 0 Å². The van der Waals surface area contributed by atoms with Crippen LogP contribution in [0.15, 0.2) is 12.3 Å². The smallest absolute Gasteiger partial charge is 0.323 e. The molecule has 0 amide bonds. The Hall–Kier alpha value is -1.91. The maximum atomic E-state index is 12.1. The van der Waals surface area contributed by atoms with Gasteiger partial charge in [-0.05, 0) is 29.5 Å². The fourth-order valence-corrected chi connectivity index (χ4v) is 2.66. The molecule has 2 rings (SSSR count). The summed E-state index contributed by atoms with van der Waals surface area (Å²) in [4.78, 5) is 28.5. The van der Waals surface area contributed by atoms with Crippen molar-refractivity contribution in [2.45, 2.75) is 32.6 Å². The molecule has 0 atom stereocenters. The quantitative estimate of drug-likeness (QED) is 0.620. The van der Waals surface area contributed by atoms with Gasteiger partial charge in [0.25, 0.3) is 0 Å². The Morgan fingerprint density at radius 3 is 2.20 bits per heavy atom. The molecule has 0 N–H and O–H groups in total. The van der Waals surface area contributed by atoms with Crippen LogP contribution in [-0.2, 0) is 31.9 Å². The lowest BCUT2D eigenvalue weighted by molar-refractivity contribution is -0.168. The number of rotatable bonds is 3. The van der Waals surface area contributed by atoms with Gasteiger partial charge in [0, 0.05) is 18.3 Å². The third kappa shape index (κ3) is 2.17. The van der Waals surface area contributed by atoms with Gasteiger partial charge in [-0.2, -0.15) is 0 Å². The zero-order chi connectivity index (χ0) is 14.9. The summed E-state index contributed by atoms with van der Waals surface area (Å²) < 4.78 is 9.62. The number of ether oxygens (including phenoxy) is 2. The highest BCUT2D eigenvalue weighted by molar-refractivity contribution is 6.01. The largest absolute Gasteiger partial charge is 0.468 e. The van der Waals surface area contributed by atoms with Gasteiger partial charge in [0.2, 0.25) is 0 Å². The van der Waals surface area contributed by atoms with E-state index >= 15 is 0 Å². The van der Waals surface area contributed by atoms with Crippen LogP contribution in [0.2, 0.25) is 0 Å². The molecule has 0 spiro atoms. The number of hydrogen-bond acceptors (Lipinski definition) is 5. The van der Waals surface area contributed by atoms with Gasteiger partial charge >= 0.3 is 11.9 Å². The van der Waals surface area contributed by atoms with Crippen molar-refractivity contribution in [1.29, 1.82) is 0 Å². The summed E-state index contributed by atoms with van der Waals surface area (Å²) >= 11 is 0. The summed E-state index contributed by atoms with van der Waals surface area (Å²) in [6.07, 6.45) is 2.34. The van der Waals surface area contributed by atoms with Crippen molar-refractivity contribution in [2.24, 2.45) is 5.41 Å². The molecule has 5 heteroatoms. The highest BCUT2D eigenvalue weighted by Crippen LogP contribution is 2.39. The molecule has 0 saturated carbocycles. The van der Waals surface area contributed by atoms with Gasteiger partial charge in [-0.3, -0.25) is 14.6 Å². The number of pyridine rings is 1. The summed E-state index contributed by atoms with van der Waals surface area (Å²) in [6, 6.07) is 1.97. The molecule has 0 unspecified atom stereocenters. The Balaban J connectivity index is 2.42. The number of hydrogen-bond donors (Lipinski definition) is 0. The summed E-state index contributed by atoms with van der Waals surface area (Å²) in [6.45, 7) is 4.11. The first-order chi connectivity index (χ1) is 9.44. The highest BCUT2D eigenvalue weighted by atomic mass is 16.5. The lowest BCUT2D eigenvalue weighted by Crippen LogP contribution is -2.42. The third-order valence-corrected chi connectivity index (χ3v) is 3.83. The summed E-state index contributed by atoms with van der Waals surface area (Å²) in [7, 11) is 2.57. The number of carbonyl (C=O) groups is 2. The van der Waals surface area contributed by atoms with Crippen molar-refractivity contribution >= 4 is 11.9 Å². The first-order valence-corrected chi connectivity index (χ1v) is 6.59. The number of carbonyl (C=O) groups excluding carboxylic acids is 2. The van der Waals surface area contributed by atoms with Crippen LogP contribution >= 0.6 is 0 Å². The first kappa shape index (κ1) is 14.5. The van der Waals surface area contributed by atoms with E-state index in [9.17, 15) is 9.59 Å². The number of nitrogens with zero attached hydrogens (tertiary/aromatic N) is 1. The Kier molecular flexibility index (Phi) is 3.79. The fraction of sp³-hybridized carbons (Fsp3) is 0.533. The fourth-order valence-electron chi connectivity index (χ4n) is 2.66. The standard InChI is InChI=1S/C15H19NO4/c1-9(2)12-5-10-6-15(13(17)19-3,14(18)20-4)7-11(10)8-16-12/h5,8-9H,6-7H2,1-4H3. The van der Waals surface area contributed by atoms with E-state index < -0.39 is 17.4 Å². The number of esters is 2. The second kappa shape index (κ2) is 5.23. The van der Waals surface area contributed by atoms with E-state index in [-0.39, 0.29) is 6.42 Å². The van der Waals surface area contributed by atoms with Crippen LogP contribution in [-0.4, -0.2) is 31.1 Å². The van der Waals surface area contributed by atoms with Crippen LogP contribution in [0.3, 0.4) is 0 Å². The van der Waals surface area contributed by atoms with Crippen molar-refractivity contribution in [3.05, 3.63) is 29.1 Å². The van der Waals surface area contributed by atoms with Gasteiger partial charge in [-0.25, -0.2) is 0 Å². The Morgan fingerprint density at radius 2 is 1.70 bits per heavy atom. The van der Waals surface area contributed by atoms with E-state index in [2.05, 4.69) is 18.8 Å². The zero-order valence-electron chi connectivity index (χ0n) is 12.2. The van der Waals surface area contributed by atoms with Gasteiger partial charge in [0.15, 0.2) is 5.41 Å². The van der Waals surface area contributed by atoms with Gasteiger partial charge in [-0.15, -0.1) is 0 Å². The minimum absolute atomic E-state index is 0.285. The maximum absolute atomic E-state index is 12.1. The third-order valence-electron chi connectivity index (χ3n) is 3.83. The van der Waals surface area contributed by atoms with E-state index in [4.69, 9.17) is 9.47 Å². The molecule has 0 aromatic carbocycles. The van der Waals surface area contributed by atoms with E-state index in [1.165, 1.54) is 14.2 Å². The molecule has 0 radical (unpaired) electrons. The topological polar surface area (TPSA) is 65.5 Å². The van der Waals surface area contributed by atoms with Crippen molar-refractivity contribution in [3.8, 4) is 0 Å². The van der Waals surface area contributed by atoms with Crippen LogP contribution in [0.4, 0.5) is 0 Å². The Bertz CT molecular complexity index is 535. The molecule has 0 aliphatic heterocycles. The van der Waals surface area contributed by atoms with Crippen LogP contribution in [0.1, 0.15) is 36.6 Å². The molecule has 108 valence electrons. The molecule has 0 bridgehead atoms. The first-order valence-electron chi connectivity index (χ1n) is 6.59. The van der Waals surface area contributed by atoms with E-state index in [0.717, 1.165) is 16.8 Å². The second-order valence-corrected chi connectivity index (χ2v) is 5.45. The molecule has 1 aromatic rings. The minimum Gasteiger partial charge on any atom is -0.468 e. The van der Waals surface area contributed by atoms with E-state index in [1.54, 1.807) is 6.20 Å². The number of fused-ring (bicyclic) bond motifs is 1. The molecule has 1 aromatic heterocycles. The number of methoxy groups -OCH3 is 2. The summed E-state index contributed by atoms with van der Waals surface area (Å²) in [5.41, 5.74) is 1.57. The summed E-state index contributed by atoms with van der Waals surface area (Å²) in [5, 5.41) is 0. The van der Waals surface area contributed by atoms with Crippen LogP contribution in [0.25, 0.3) is 0 Å². The highest BCUT2D eigenvalue weighted by Gasteiger charge is 2.52. The van der Waals surface area contributed by atoms with Crippen LogP contribution < -0.4 is 0 Å². The number of aromatic nitrogens is 1. The average Bonchev–Trinajstić information content (AvgIpc) is 2.84. The minimum atomic E-state index is -1.26. The predicted molar refractivity (Wildman–Crippen MR) is 72.2 cm³/mol. The van der Waals surface area contributed by atoms with Gasteiger partial charge < -0.3 is 9.47 Å². The predicted octanol–water partition coefficient (Wildman–Crippen LogP) is 1.64. The Morgan fingerprint density at radius 1 is 1.15 bits per heavy atom. The molecule has 1 heterocycles. The molecule has 1 aliphatic carbocycles. The normalized spacial score (nSPS) is 15.8.